The summed E-state index contributed by atoms with van der Waals surface area (Å²) in [5.74, 6) is 0.851. The van der Waals surface area contributed by atoms with Gasteiger partial charge in [-0.2, -0.15) is 0 Å². The van der Waals surface area contributed by atoms with Gasteiger partial charge in [0, 0.05) is 5.70 Å². The fourth-order valence-corrected chi connectivity index (χ4v) is 2.21. The summed E-state index contributed by atoms with van der Waals surface area (Å²) in [4.78, 5) is 11.8. The van der Waals surface area contributed by atoms with E-state index in [2.05, 4.69) is 11.9 Å². The van der Waals surface area contributed by atoms with E-state index in [1.54, 1.807) is 40.0 Å². The van der Waals surface area contributed by atoms with Crippen LogP contribution in [0, 0.1) is 0 Å². The van der Waals surface area contributed by atoms with Crippen molar-refractivity contribution < 1.29 is 14.3 Å². The average molecular weight is 344 g/mol. The summed E-state index contributed by atoms with van der Waals surface area (Å²) in [6.07, 6.45) is 6.01. The zero-order valence-corrected chi connectivity index (χ0v) is 15.5. The summed E-state index contributed by atoms with van der Waals surface area (Å²) in [7, 11) is 1.65. The van der Waals surface area contributed by atoms with Gasteiger partial charge < -0.3 is 15.2 Å². The molecule has 1 amide bonds. The number of nitrogens with two attached hydrogens (primary N) is 1. The number of ether oxygens (including phenoxy) is 2. The number of methoxy groups -OCH3 is 1. The maximum atomic E-state index is 11.8. The monoisotopic (exact) mass is 344 g/mol. The number of para-hydroxylation sites is 1. The van der Waals surface area contributed by atoms with Crippen molar-refractivity contribution in [2.45, 2.75) is 39.2 Å². The molecule has 1 aromatic carbocycles. The second kappa shape index (κ2) is 9.57. The Morgan fingerprint density at radius 1 is 1.32 bits per heavy atom. The summed E-state index contributed by atoms with van der Waals surface area (Å²) >= 11 is 0. The summed E-state index contributed by atoms with van der Waals surface area (Å²) in [5.41, 5.74) is 7.46. The first-order chi connectivity index (χ1) is 11.7. The van der Waals surface area contributed by atoms with Crippen molar-refractivity contribution in [1.82, 2.24) is 5.32 Å². The van der Waals surface area contributed by atoms with Crippen molar-refractivity contribution in [2.75, 3.05) is 7.11 Å². The van der Waals surface area contributed by atoms with Crippen molar-refractivity contribution in [2.24, 2.45) is 5.73 Å². The Hall–Kier alpha value is -2.69. The van der Waals surface area contributed by atoms with E-state index in [0.717, 1.165) is 29.7 Å². The first-order valence-corrected chi connectivity index (χ1v) is 8.15. The third kappa shape index (κ3) is 8.11. The summed E-state index contributed by atoms with van der Waals surface area (Å²) in [6.45, 7) is 9.27. The van der Waals surface area contributed by atoms with E-state index in [0.29, 0.717) is 5.70 Å². The van der Waals surface area contributed by atoms with E-state index in [4.69, 9.17) is 15.2 Å². The Morgan fingerprint density at radius 3 is 2.60 bits per heavy atom. The smallest absolute Gasteiger partial charge is 0.412 e. The van der Waals surface area contributed by atoms with Gasteiger partial charge in [0.05, 0.1) is 7.11 Å². The predicted molar refractivity (Wildman–Crippen MR) is 101 cm³/mol. The molecule has 0 saturated carbocycles. The van der Waals surface area contributed by atoms with Gasteiger partial charge in [0.2, 0.25) is 0 Å². The Balaban J connectivity index is 2.73. The predicted octanol–water partition coefficient (Wildman–Crippen LogP) is 4.07. The molecule has 0 bridgehead atoms. The highest BCUT2D eigenvalue weighted by atomic mass is 16.6. The van der Waals surface area contributed by atoms with E-state index < -0.39 is 11.7 Å². The van der Waals surface area contributed by atoms with Crippen LogP contribution in [0.4, 0.5) is 4.79 Å². The number of hydrogen-bond donors (Lipinski definition) is 2. The minimum atomic E-state index is -0.558. The number of benzene rings is 1. The van der Waals surface area contributed by atoms with Crippen LogP contribution >= 0.6 is 0 Å². The SMILES string of the molecule is C=C(/C=C(\C=C/N)CCc1ccccc1OC)NC(=O)OC(C)(C)C. The number of amides is 1. The number of alkyl carbamates (subject to hydrolysis) is 1. The van der Waals surface area contributed by atoms with Gasteiger partial charge >= 0.3 is 6.09 Å². The molecule has 0 aliphatic carbocycles. The molecule has 0 atom stereocenters. The molecule has 0 spiro atoms. The van der Waals surface area contributed by atoms with Crippen LogP contribution < -0.4 is 15.8 Å². The number of carbonyl (C=O) groups is 1. The Morgan fingerprint density at radius 2 is 2.00 bits per heavy atom. The molecule has 0 heterocycles. The Labute approximate surface area is 150 Å². The third-order valence-electron chi connectivity index (χ3n) is 3.21. The second-order valence-corrected chi connectivity index (χ2v) is 6.54. The average Bonchev–Trinajstić information content (AvgIpc) is 2.51. The van der Waals surface area contributed by atoms with Crippen molar-refractivity contribution >= 4 is 6.09 Å². The fraction of sp³-hybridized carbons (Fsp3) is 0.350. The molecule has 0 radical (unpaired) electrons. The zero-order chi connectivity index (χ0) is 18.9. The van der Waals surface area contributed by atoms with Crippen molar-refractivity contribution in [3.63, 3.8) is 0 Å². The van der Waals surface area contributed by atoms with Crippen LogP contribution in [0.25, 0.3) is 0 Å². The maximum Gasteiger partial charge on any atom is 0.412 e. The summed E-state index contributed by atoms with van der Waals surface area (Å²) in [5, 5.41) is 2.61. The van der Waals surface area contributed by atoms with Crippen LogP contribution in [0.2, 0.25) is 0 Å². The van der Waals surface area contributed by atoms with Gasteiger partial charge in [0.25, 0.3) is 0 Å². The van der Waals surface area contributed by atoms with Crippen LogP contribution in [0.1, 0.15) is 32.8 Å². The number of allylic oxidation sites excluding steroid dienone is 3. The van der Waals surface area contributed by atoms with Gasteiger partial charge in [0.1, 0.15) is 11.4 Å². The minimum absolute atomic E-state index is 0.447. The first-order valence-electron chi connectivity index (χ1n) is 8.15. The lowest BCUT2D eigenvalue weighted by molar-refractivity contribution is 0.0548. The lowest BCUT2D eigenvalue weighted by atomic mass is 10.0. The molecular formula is C20H28N2O3. The van der Waals surface area contributed by atoms with Crippen molar-refractivity contribution in [1.29, 1.82) is 0 Å². The maximum absolute atomic E-state index is 11.8. The van der Waals surface area contributed by atoms with E-state index in [1.807, 2.05) is 24.3 Å². The summed E-state index contributed by atoms with van der Waals surface area (Å²) < 4.78 is 10.6. The van der Waals surface area contributed by atoms with Gasteiger partial charge in [-0.3, -0.25) is 5.32 Å². The Kier molecular flexibility index (Phi) is 7.79. The van der Waals surface area contributed by atoms with Gasteiger partial charge in [-0.15, -0.1) is 0 Å². The minimum Gasteiger partial charge on any atom is -0.496 e. The fourth-order valence-electron chi connectivity index (χ4n) is 2.21. The number of hydrogen-bond acceptors (Lipinski definition) is 4. The molecule has 1 aromatic rings. The molecule has 0 unspecified atom stereocenters. The molecule has 25 heavy (non-hydrogen) atoms. The molecule has 0 fully saturated rings. The number of carbonyl (C=O) groups excluding carboxylic acids is 1. The third-order valence-corrected chi connectivity index (χ3v) is 3.21. The quantitative estimate of drug-likeness (QED) is 0.731. The standard InChI is InChI=1S/C20H28N2O3/c1-15(22-19(23)25-20(2,3)4)14-16(12-13-21)10-11-17-8-6-7-9-18(17)24-5/h6-9,12-14H,1,10-11,21H2,2-5H3,(H,22,23)/b13-12-,16-14-. The molecule has 0 aromatic heterocycles. The normalized spacial score (nSPS) is 12.1. The van der Waals surface area contributed by atoms with Crippen LogP contribution in [0.15, 0.2) is 60.5 Å². The molecule has 1 rings (SSSR count). The highest BCUT2D eigenvalue weighted by Crippen LogP contribution is 2.21. The number of aryl methyl sites for hydroxylation is 1. The number of nitrogens with one attached hydrogen (secondary N) is 1. The number of rotatable bonds is 7. The molecule has 5 nitrogen and oxygen atoms in total. The van der Waals surface area contributed by atoms with Crippen LogP contribution in [0.3, 0.4) is 0 Å². The molecule has 0 aliphatic heterocycles. The highest BCUT2D eigenvalue weighted by Gasteiger charge is 2.16. The highest BCUT2D eigenvalue weighted by molar-refractivity contribution is 5.70. The first kappa shape index (κ1) is 20.4. The topological polar surface area (TPSA) is 73.6 Å². The molecule has 0 aliphatic rings. The van der Waals surface area contributed by atoms with E-state index in [9.17, 15) is 4.79 Å². The molecule has 136 valence electrons. The lowest BCUT2D eigenvalue weighted by Gasteiger charge is -2.19. The van der Waals surface area contributed by atoms with Crippen molar-refractivity contribution in [3.05, 3.63) is 66.0 Å². The van der Waals surface area contributed by atoms with Gasteiger partial charge in [-0.25, -0.2) is 4.79 Å². The van der Waals surface area contributed by atoms with Crippen molar-refractivity contribution in [3.8, 4) is 5.75 Å². The van der Waals surface area contributed by atoms with E-state index in [1.165, 1.54) is 6.20 Å². The second-order valence-electron chi connectivity index (χ2n) is 6.54. The van der Waals surface area contributed by atoms with Gasteiger partial charge in [0.15, 0.2) is 0 Å². The van der Waals surface area contributed by atoms with Crippen LogP contribution in [-0.4, -0.2) is 18.8 Å². The van der Waals surface area contributed by atoms with E-state index >= 15 is 0 Å². The molecule has 0 saturated heterocycles. The molecule has 3 N–H and O–H groups in total. The summed E-state index contributed by atoms with van der Waals surface area (Å²) in [6, 6.07) is 7.87. The zero-order valence-electron chi connectivity index (χ0n) is 15.5. The van der Waals surface area contributed by atoms with Gasteiger partial charge in [-0.05, 0) is 69.2 Å². The van der Waals surface area contributed by atoms with E-state index in [-0.39, 0.29) is 0 Å². The van der Waals surface area contributed by atoms with Crippen LogP contribution in [0.5, 0.6) is 5.75 Å². The molecular weight excluding hydrogens is 316 g/mol. The lowest BCUT2D eigenvalue weighted by Crippen LogP contribution is -2.31. The molecule has 5 heteroatoms. The Bertz CT molecular complexity index is 655. The largest absolute Gasteiger partial charge is 0.496 e. The van der Waals surface area contributed by atoms with Gasteiger partial charge in [-0.1, -0.05) is 24.8 Å². The van der Waals surface area contributed by atoms with Crippen LogP contribution in [-0.2, 0) is 11.2 Å².